The lowest BCUT2D eigenvalue weighted by molar-refractivity contribution is -0.386. The molecule has 19 heavy (non-hydrogen) atoms. The van der Waals surface area contributed by atoms with E-state index >= 15 is 0 Å². The lowest BCUT2D eigenvalue weighted by Gasteiger charge is -2.05. The van der Waals surface area contributed by atoms with E-state index in [9.17, 15) is 10.1 Å². The number of pyridine rings is 1. The van der Waals surface area contributed by atoms with E-state index in [4.69, 9.17) is 16.9 Å². The van der Waals surface area contributed by atoms with Crippen molar-refractivity contribution in [2.24, 2.45) is 0 Å². The molecule has 0 radical (unpaired) electrons. The minimum atomic E-state index is -0.504. The fourth-order valence-electron chi connectivity index (χ4n) is 1.77. The molecule has 2 heterocycles. The van der Waals surface area contributed by atoms with Crippen molar-refractivity contribution in [1.29, 1.82) is 5.26 Å². The summed E-state index contributed by atoms with van der Waals surface area (Å²) in [5, 5.41) is 24.0. The van der Waals surface area contributed by atoms with Gasteiger partial charge < -0.3 is 0 Å². The molecule has 7 nitrogen and oxygen atoms in total. The lowest BCUT2D eigenvalue weighted by atomic mass is 10.3. The molecular weight excluding hydrogens is 270 g/mol. The molecule has 0 atom stereocenters. The number of nitriles is 1. The molecule has 0 N–H and O–H groups in total. The maximum absolute atomic E-state index is 10.9. The van der Waals surface area contributed by atoms with Crippen LogP contribution >= 0.6 is 11.6 Å². The van der Waals surface area contributed by atoms with Crippen molar-refractivity contribution >= 4 is 17.3 Å². The SMILES string of the molecule is Cc1nn(-c2nccc(C#N)c2Cl)c(C)c1[N+](=O)[O-]. The van der Waals surface area contributed by atoms with E-state index in [-0.39, 0.29) is 27.8 Å². The fraction of sp³-hybridized carbons (Fsp3) is 0.182. The number of halogens is 1. The second kappa shape index (κ2) is 4.66. The van der Waals surface area contributed by atoms with E-state index in [1.54, 1.807) is 6.92 Å². The average Bonchev–Trinajstić information content (AvgIpc) is 2.65. The maximum Gasteiger partial charge on any atom is 0.313 e. The summed E-state index contributed by atoms with van der Waals surface area (Å²) in [6.45, 7) is 3.08. The molecule has 96 valence electrons. The summed E-state index contributed by atoms with van der Waals surface area (Å²) in [5.74, 6) is 0.203. The summed E-state index contributed by atoms with van der Waals surface area (Å²) in [5.41, 5.74) is 0.733. The van der Waals surface area contributed by atoms with Gasteiger partial charge in [0, 0.05) is 6.20 Å². The van der Waals surface area contributed by atoms with Gasteiger partial charge in [-0.2, -0.15) is 10.4 Å². The van der Waals surface area contributed by atoms with Crippen LogP contribution in [0.1, 0.15) is 17.0 Å². The van der Waals surface area contributed by atoms with Gasteiger partial charge in [0.05, 0.1) is 10.5 Å². The Morgan fingerprint density at radius 3 is 2.74 bits per heavy atom. The highest BCUT2D eigenvalue weighted by atomic mass is 35.5. The number of nitrogens with zero attached hydrogens (tertiary/aromatic N) is 5. The average molecular weight is 278 g/mol. The predicted octanol–water partition coefficient (Wildman–Crippen LogP) is 2.32. The third kappa shape index (κ3) is 2.02. The quantitative estimate of drug-likeness (QED) is 0.620. The van der Waals surface area contributed by atoms with Crippen LogP contribution in [0.15, 0.2) is 12.3 Å². The second-order valence-electron chi connectivity index (χ2n) is 3.80. The van der Waals surface area contributed by atoms with Crippen LogP contribution in [0, 0.1) is 35.3 Å². The molecule has 2 aromatic heterocycles. The summed E-state index contributed by atoms with van der Waals surface area (Å²) in [6, 6.07) is 3.39. The first kappa shape index (κ1) is 13.0. The summed E-state index contributed by atoms with van der Waals surface area (Å²) >= 11 is 6.04. The van der Waals surface area contributed by atoms with Crippen molar-refractivity contribution in [1.82, 2.24) is 14.8 Å². The van der Waals surface area contributed by atoms with Gasteiger partial charge >= 0.3 is 5.69 Å². The highest BCUT2D eigenvalue weighted by Crippen LogP contribution is 2.28. The van der Waals surface area contributed by atoms with Crippen LogP contribution in [0.25, 0.3) is 5.82 Å². The Morgan fingerprint density at radius 2 is 2.21 bits per heavy atom. The van der Waals surface area contributed by atoms with Crippen LogP contribution in [0.5, 0.6) is 0 Å². The number of hydrogen-bond acceptors (Lipinski definition) is 5. The van der Waals surface area contributed by atoms with Gasteiger partial charge in [-0.3, -0.25) is 10.1 Å². The molecule has 0 aliphatic rings. The first-order valence-electron chi connectivity index (χ1n) is 5.23. The molecule has 0 amide bonds. The third-order valence-electron chi connectivity index (χ3n) is 2.63. The second-order valence-corrected chi connectivity index (χ2v) is 4.17. The zero-order chi connectivity index (χ0) is 14.2. The number of aryl methyl sites for hydroxylation is 1. The Hall–Kier alpha value is -2.46. The lowest BCUT2D eigenvalue weighted by Crippen LogP contribution is -2.04. The van der Waals surface area contributed by atoms with Gasteiger partial charge in [0.2, 0.25) is 0 Å². The first-order chi connectivity index (χ1) is 8.97. The number of rotatable bonds is 2. The Bertz CT molecular complexity index is 717. The molecule has 0 spiro atoms. The number of nitro groups is 1. The highest BCUT2D eigenvalue weighted by Gasteiger charge is 2.24. The van der Waals surface area contributed by atoms with Crippen LogP contribution in [-0.4, -0.2) is 19.7 Å². The molecule has 0 bridgehead atoms. The van der Waals surface area contributed by atoms with E-state index in [1.165, 1.54) is 23.9 Å². The summed E-state index contributed by atoms with van der Waals surface area (Å²) in [6.07, 6.45) is 1.40. The van der Waals surface area contributed by atoms with Crippen LogP contribution in [0.3, 0.4) is 0 Å². The summed E-state index contributed by atoms with van der Waals surface area (Å²) < 4.78 is 1.27. The molecule has 0 fully saturated rings. The Morgan fingerprint density at radius 1 is 1.53 bits per heavy atom. The molecule has 2 aromatic rings. The van der Waals surface area contributed by atoms with Gasteiger partial charge in [0.15, 0.2) is 5.82 Å². The summed E-state index contributed by atoms with van der Waals surface area (Å²) in [7, 11) is 0. The fourth-order valence-corrected chi connectivity index (χ4v) is 2.01. The molecule has 0 aliphatic carbocycles. The minimum absolute atomic E-state index is 0.0831. The van der Waals surface area contributed by atoms with Crippen LogP contribution in [0.4, 0.5) is 5.69 Å². The van der Waals surface area contributed by atoms with Gasteiger partial charge in [-0.25, -0.2) is 9.67 Å². The molecule has 0 saturated carbocycles. The zero-order valence-electron chi connectivity index (χ0n) is 10.1. The molecule has 0 aromatic carbocycles. The van der Waals surface area contributed by atoms with Gasteiger partial charge in [-0.05, 0) is 19.9 Å². The van der Waals surface area contributed by atoms with E-state index in [0.717, 1.165) is 0 Å². The van der Waals surface area contributed by atoms with Crippen molar-refractivity contribution in [2.75, 3.05) is 0 Å². The molecule has 0 aliphatic heterocycles. The summed E-state index contributed by atoms with van der Waals surface area (Å²) in [4.78, 5) is 14.5. The van der Waals surface area contributed by atoms with E-state index < -0.39 is 4.92 Å². The topological polar surface area (TPSA) is 97.6 Å². The van der Waals surface area contributed by atoms with Crippen LogP contribution < -0.4 is 0 Å². The number of hydrogen-bond donors (Lipinski definition) is 0. The largest absolute Gasteiger partial charge is 0.313 e. The minimum Gasteiger partial charge on any atom is -0.258 e. The van der Waals surface area contributed by atoms with Crippen molar-refractivity contribution in [3.63, 3.8) is 0 Å². The standard InChI is InChI=1S/C11H8ClN5O2/c1-6-10(17(18)19)7(2)16(15-6)11-9(12)8(5-13)3-4-14-11/h3-4H,1-2H3. The van der Waals surface area contributed by atoms with E-state index in [2.05, 4.69) is 10.1 Å². The monoisotopic (exact) mass is 277 g/mol. The van der Waals surface area contributed by atoms with Crippen molar-refractivity contribution in [3.05, 3.63) is 44.4 Å². The molecule has 0 saturated heterocycles. The zero-order valence-corrected chi connectivity index (χ0v) is 10.8. The molecule has 8 heteroatoms. The van der Waals surface area contributed by atoms with E-state index in [1.807, 2.05) is 6.07 Å². The predicted molar refractivity (Wildman–Crippen MR) is 67.2 cm³/mol. The van der Waals surface area contributed by atoms with Gasteiger partial charge in [-0.15, -0.1) is 0 Å². The van der Waals surface area contributed by atoms with Gasteiger partial charge in [-0.1, -0.05) is 11.6 Å². The highest BCUT2D eigenvalue weighted by molar-refractivity contribution is 6.33. The molecule has 2 rings (SSSR count). The van der Waals surface area contributed by atoms with Crippen molar-refractivity contribution in [3.8, 4) is 11.9 Å². The van der Waals surface area contributed by atoms with Crippen molar-refractivity contribution in [2.45, 2.75) is 13.8 Å². The smallest absolute Gasteiger partial charge is 0.258 e. The number of aromatic nitrogens is 3. The Labute approximate surface area is 113 Å². The maximum atomic E-state index is 10.9. The normalized spacial score (nSPS) is 10.2. The van der Waals surface area contributed by atoms with Crippen LogP contribution in [0.2, 0.25) is 5.02 Å². The van der Waals surface area contributed by atoms with Gasteiger partial charge in [0.1, 0.15) is 22.5 Å². The molecule has 0 unspecified atom stereocenters. The Balaban J connectivity index is 2.71. The van der Waals surface area contributed by atoms with E-state index in [0.29, 0.717) is 5.69 Å². The Kier molecular flexibility index (Phi) is 3.19. The third-order valence-corrected chi connectivity index (χ3v) is 3.00. The van der Waals surface area contributed by atoms with Crippen molar-refractivity contribution < 1.29 is 4.92 Å². The van der Waals surface area contributed by atoms with Gasteiger partial charge in [0.25, 0.3) is 0 Å². The first-order valence-corrected chi connectivity index (χ1v) is 5.60. The molecular formula is C11H8ClN5O2. The van der Waals surface area contributed by atoms with Crippen LogP contribution in [-0.2, 0) is 0 Å².